The second-order valence-corrected chi connectivity index (χ2v) is 11.8. The van der Waals surface area contributed by atoms with Crippen LogP contribution in [0.15, 0.2) is 97.1 Å². The van der Waals surface area contributed by atoms with Crippen molar-refractivity contribution in [3.63, 3.8) is 0 Å². The second-order valence-electron chi connectivity index (χ2n) is 11.8. The van der Waals surface area contributed by atoms with Gasteiger partial charge in [0, 0.05) is 10.8 Å². The van der Waals surface area contributed by atoms with Crippen molar-refractivity contribution in [2.75, 3.05) is 26.4 Å². The highest BCUT2D eigenvalue weighted by Gasteiger charge is 2.24. The van der Waals surface area contributed by atoms with Gasteiger partial charge in [-0.05, 0) is 70.8 Å². The van der Waals surface area contributed by atoms with Crippen molar-refractivity contribution in [3.05, 3.63) is 119 Å². The molecular formula is C36H42O7. The molecule has 43 heavy (non-hydrogen) atoms. The summed E-state index contributed by atoms with van der Waals surface area (Å²) >= 11 is 0. The number of phenolic OH excluding ortho intramolecular Hbond substituents is 1. The summed E-state index contributed by atoms with van der Waals surface area (Å²) in [6.07, 6.45) is -1.71. The van der Waals surface area contributed by atoms with Gasteiger partial charge >= 0.3 is 0 Å². The molecule has 2 unspecified atom stereocenters. The third-order valence-corrected chi connectivity index (χ3v) is 7.85. The average Bonchev–Trinajstić information content (AvgIpc) is 3.02. The molecule has 4 rings (SSSR count). The van der Waals surface area contributed by atoms with Crippen LogP contribution in [-0.4, -0.2) is 59.1 Å². The van der Waals surface area contributed by atoms with Crippen LogP contribution >= 0.6 is 0 Å². The van der Waals surface area contributed by atoms with Crippen molar-refractivity contribution < 1.29 is 34.6 Å². The number of phenols is 1. The van der Waals surface area contributed by atoms with E-state index in [9.17, 15) is 15.3 Å². The van der Waals surface area contributed by atoms with Gasteiger partial charge in [-0.25, -0.2) is 0 Å². The molecule has 7 heteroatoms. The molecule has 4 N–H and O–H groups in total. The fourth-order valence-electron chi connectivity index (χ4n) is 4.79. The summed E-state index contributed by atoms with van der Waals surface area (Å²) in [5, 5.41) is 38.5. The predicted molar refractivity (Wildman–Crippen MR) is 167 cm³/mol. The van der Waals surface area contributed by atoms with E-state index in [1.165, 1.54) is 0 Å². The van der Waals surface area contributed by atoms with Gasteiger partial charge in [-0.1, -0.05) is 76.2 Å². The van der Waals surface area contributed by atoms with Crippen molar-refractivity contribution in [3.8, 4) is 23.0 Å². The number of hydrogen-bond donors (Lipinski definition) is 4. The number of benzene rings is 4. The Hall–Kier alpha value is -4.04. The summed E-state index contributed by atoms with van der Waals surface area (Å²) in [5.74, 6) is 2.20. The maximum absolute atomic E-state index is 10.5. The van der Waals surface area contributed by atoms with Gasteiger partial charge < -0.3 is 34.6 Å². The first kappa shape index (κ1) is 31.9. The summed E-state index contributed by atoms with van der Waals surface area (Å²) in [5.41, 5.74) is 3.90. The first-order valence-corrected chi connectivity index (χ1v) is 14.5. The smallest absolute Gasteiger partial charge is 0.122 e. The Bertz CT molecular complexity index is 1410. The zero-order valence-electron chi connectivity index (χ0n) is 25.2. The van der Waals surface area contributed by atoms with E-state index in [2.05, 4.69) is 27.7 Å². The molecule has 4 aromatic rings. The highest BCUT2D eigenvalue weighted by atomic mass is 16.5. The fraction of sp³-hybridized carbons (Fsp3) is 0.333. The quantitative estimate of drug-likeness (QED) is 0.152. The van der Waals surface area contributed by atoms with Gasteiger partial charge in [0.2, 0.25) is 0 Å². The predicted octanol–water partition coefficient (Wildman–Crippen LogP) is 5.59. The SMILES string of the molecule is CC(C)(c1ccc(O)cc1)c1ccc(OCC(O)COc2ccc(C(C)(C)c3ccc(OCC(O)CO)cc3)cc2)cc1. The fourth-order valence-corrected chi connectivity index (χ4v) is 4.79. The van der Waals surface area contributed by atoms with Crippen LogP contribution in [0.1, 0.15) is 49.9 Å². The average molecular weight is 587 g/mol. The van der Waals surface area contributed by atoms with Crippen molar-refractivity contribution in [1.29, 1.82) is 0 Å². The molecule has 0 saturated carbocycles. The van der Waals surface area contributed by atoms with Crippen LogP contribution in [0.3, 0.4) is 0 Å². The number of ether oxygens (including phenoxy) is 3. The maximum Gasteiger partial charge on any atom is 0.122 e. The molecule has 4 aromatic carbocycles. The first-order chi connectivity index (χ1) is 20.5. The molecule has 0 aliphatic heterocycles. The van der Waals surface area contributed by atoms with Gasteiger partial charge in [0.25, 0.3) is 0 Å². The summed E-state index contributed by atoms with van der Waals surface area (Å²) in [6, 6.07) is 30.6. The lowest BCUT2D eigenvalue weighted by Crippen LogP contribution is -2.25. The monoisotopic (exact) mass is 586 g/mol. The number of aliphatic hydroxyl groups is 3. The molecule has 0 bridgehead atoms. The van der Waals surface area contributed by atoms with E-state index in [0.29, 0.717) is 17.2 Å². The van der Waals surface area contributed by atoms with Gasteiger partial charge in [-0.3, -0.25) is 0 Å². The number of hydrogen-bond acceptors (Lipinski definition) is 7. The molecule has 2 atom stereocenters. The van der Waals surface area contributed by atoms with Crippen LogP contribution in [0.2, 0.25) is 0 Å². The minimum absolute atomic E-state index is 0.0378. The number of rotatable bonds is 14. The van der Waals surface area contributed by atoms with E-state index in [4.69, 9.17) is 19.3 Å². The highest BCUT2D eigenvalue weighted by molar-refractivity contribution is 5.43. The van der Waals surface area contributed by atoms with Gasteiger partial charge in [0.05, 0.1) is 6.61 Å². The van der Waals surface area contributed by atoms with Crippen LogP contribution in [0.4, 0.5) is 0 Å². The Morgan fingerprint density at radius 1 is 0.488 bits per heavy atom. The minimum atomic E-state index is -0.903. The van der Waals surface area contributed by atoms with Gasteiger partial charge in [-0.15, -0.1) is 0 Å². The Balaban J connectivity index is 1.26. The largest absolute Gasteiger partial charge is 0.508 e. The van der Waals surface area contributed by atoms with Crippen LogP contribution in [0.25, 0.3) is 0 Å². The van der Waals surface area contributed by atoms with Crippen LogP contribution in [0, 0.1) is 0 Å². The van der Waals surface area contributed by atoms with Crippen molar-refractivity contribution in [2.24, 2.45) is 0 Å². The summed E-state index contributed by atoms with van der Waals surface area (Å²) < 4.78 is 17.1. The lowest BCUT2D eigenvalue weighted by molar-refractivity contribution is 0.0536. The van der Waals surface area contributed by atoms with Crippen molar-refractivity contribution in [1.82, 2.24) is 0 Å². The molecule has 0 spiro atoms. The zero-order chi connectivity index (χ0) is 31.0. The lowest BCUT2D eigenvalue weighted by Gasteiger charge is -2.26. The number of aromatic hydroxyl groups is 1. The molecular weight excluding hydrogens is 544 g/mol. The maximum atomic E-state index is 10.5. The second kappa shape index (κ2) is 14.0. The Kier molecular flexibility index (Phi) is 10.3. The summed E-state index contributed by atoms with van der Waals surface area (Å²) in [6.45, 7) is 8.43. The number of aliphatic hydroxyl groups excluding tert-OH is 3. The molecule has 228 valence electrons. The molecule has 0 aromatic heterocycles. The minimum Gasteiger partial charge on any atom is -0.508 e. The topological polar surface area (TPSA) is 109 Å². The van der Waals surface area contributed by atoms with Gasteiger partial charge in [0.1, 0.15) is 55.0 Å². The summed E-state index contributed by atoms with van der Waals surface area (Å²) in [4.78, 5) is 0. The Labute approximate surface area is 253 Å². The van der Waals surface area contributed by atoms with Crippen LogP contribution in [-0.2, 0) is 10.8 Å². The molecule has 7 nitrogen and oxygen atoms in total. The molecule has 0 aliphatic rings. The van der Waals surface area contributed by atoms with E-state index >= 15 is 0 Å². The van der Waals surface area contributed by atoms with Crippen molar-refractivity contribution >= 4 is 0 Å². The van der Waals surface area contributed by atoms with Gasteiger partial charge in [0.15, 0.2) is 0 Å². The molecule has 0 saturated heterocycles. The Morgan fingerprint density at radius 2 is 0.767 bits per heavy atom. The van der Waals surface area contributed by atoms with Crippen molar-refractivity contribution in [2.45, 2.75) is 50.7 Å². The normalized spacial score (nSPS) is 13.3. The zero-order valence-corrected chi connectivity index (χ0v) is 25.2. The van der Waals surface area contributed by atoms with E-state index in [1.807, 2.05) is 84.9 Å². The van der Waals surface area contributed by atoms with Gasteiger partial charge in [-0.2, -0.15) is 0 Å². The molecule has 0 aliphatic carbocycles. The first-order valence-electron chi connectivity index (χ1n) is 14.5. The van der Waals surface area contributed by atoms with E-state index in [-0.39, 0.29) is 43.0 Å². The molecule has 0 radical (unpaired) electrons. The third kappa shape index (κ3) is 8.29. The van der Waals surface area contributed by atoms with E-state index < -0.39 is 12.2 Å². The highest BCUT2D eigenvalue weighted by Crippen LogP contribution is 2.34. The molecule has 0 amide bonds. The van der Waals surface area contributed by atoms with E-state index in [1.54, 1.807) is 12.1 Å². The lowest BCUT2D eigenvalue weighted by atomic mass is 9.78. The summed E-state index contributed by atoms with van der Waals surface area (Å²) in [7, 11) is 0. The van der Waals surface area contributed by atoms with Crippen LogP contribution < -0.4 is 14.2 Å². The molecule has 0 heterocycles. The third-order valence-electron chi connectivity index (χ3n) is 7.85. The molecule has 0 fully saturated rings. The Morgan fingerprint density at radius 3 is 1.07 bits per heavy atom. The van der Waals surface area contributed by atoms with Crippen LogP contribution in [0.5, 0.6) is 23.0 Å². The standard InChI is InChI=1S/C36H42O7/c1-35(2,25-5-13-29(38)14-6-25)26-9-17-33(18-10-26)42-23-31(40)24-43-34-19-11-28(12-20-34)36(3,4)27-7-15-32(16-8-27)41-22-30(39)21-37/h5-20,30-31,37-40H,21-24H2,1-4H3. The van der Waals surface area contributed by atoms with E-state index in [0.717, 1.165) is 22.3 Å².